The van der Waals surface area contributed by atoms with Crippen molar-refractivity contribution in [1.82, 2.24) is 4.98 Å². The van der Waals surface area contributed by atoms with E-state index in [1.165, 1.54) is 0 Å². The van der Waals surface area contributed by atoms with Crippen LogP contribution in [-0.4, -0.2) is 17.4 Å². The summed E-state index contributed by atoms with van der Waals surface area (Å²) in [4.78, 5) is 16.5. The molecule has 0 aliphatic carbocycles. The van der Waals surface area contributed by atoms with Gasteiger partial charge in [0.15, 0.2) is 0 Å². The molecule has 1 aromatic heterocycles. The Bertz CT molecular complexity index is 671. The van der Waals surface area contributed by atoms with Gasteiger partial charge in [-0.25, -0.2) is 0 Å². The first-order chi connectivity index (χ1) is 10.5. The predicted octanol–water partition coefficient (Wildman–Crippen LogP) is 4.47. The molecule has 1 aromatic carbocycles. The Hall–Kier alpha value is -1.88. The fraction of sp³-hybridized carbons (Fsp3) is 0.294. The second-order valence-corrected chi connectivity index (χ2v) is 6.57. The minimum Gasteiger partial charge on any atom is -0.384 e. The van der Waals surface area contributed by atoms with E-state index in [1.807, 2.05) is 31.2 Å². The van der Waals surface area contributed by atoms with Gasteiger partial charge >= 0.3 is 0 Å². The summed E-state index contributed by atoms with van der Waals surface area (Å²) in [5.74, 6) is 0.369. The zero-order valence-electron chi connectivity index (χ0n) is 13.0. The maximum absolute atomic E-state index is 12.4. The lowest BCUT2D eigenvalue weighted by molar-refractivity contribution is 0.102. The summed E-state index contributed by atoms with van der Waals surface area (Å²) in [5.41, 5.74) is 3.20. The number of rotatable bonds is 5. The maximum atomic E-state index is 12.4. The molecule has 0 radical (unpaired) electrons. The average Bonchev–Trinajstić information content (AvgIpc) is 2.48. The van der Waals surface area contributed by atoms with Crippen LogP contribution in [0.25, 0.3) is 0 Å². The predicted molar refractivity (Wildman–Crippen MR) is 94.4 cm³/mol. The number of aryl methyl sites for hydroxylation is 1. The summed E-state index contributed by atoms with van der Waals surface area (Å²) in [5, 5.41) is 6.19. The fourth-order valence-electron chi connectivity index (χ4n) is 1.94. The quantitative estimate of drug-likeness (QED) is 0.825. The van der Waals surface area contributed by atoms with Crippen LogP contribution < -0.4 is 10.6 Å². The van der Waals surface area contributed by atoms with Crippen molar-refractivity contribution < 1.29 is 4.79 Å². The zero-order valence-corrected chi connectivity index (χ0v) is 14.6. The van der Waals surface area contributed by atoms with Crippen molar-refractivity contribution in [2.75, 3.05) is 17.2 Å². The van der Waals surface area contributed by atoms with E-state index in [0.717, 1.165) is 28.0 Å². The minimum atomic E-state index is -0.161. The first-order valence-corrected chi connectivity index (χ1v) is 8.01. The number of pyridine rings is 1. The molecule has 2 N–H and O–H groups in total. The molecule has 0 fully saturated rings. The lowest BCUT2D eigenvalue weighted by Crippen LogP contribution is -2.14. The van der Waals surface area contributed by atoms with Crippen molar-refractivity contribution in [2.24, 2.45) is 5.92 Å². The molecule has 22 heavy (non-hydrogen) atoms. The second-order valence-electron chi connectivity index (χ2n) is 5.65. The molecule has 0 aliphatic rings. The maximum Gasteiger partial charge on any atom is 0.257 e. The van der Waals surface area contributed by atoms with Crippen molar-refractivity contribution in [1.29, 1.82) is 0 Å². The Morgan fingerprint density at radius 3 is 2.73 bits per heavy atom. The van der Waals surface area contributed by atoms with Gasteiger partial charge in [-0.1, -0.05) is 29.8 Å². The number of carbonyl (C=O) groups excluding carboxylic acids is 1. The molecule has 1 heterocycles. The van der Waals surface area contributed by atoms with Crippen molar-refractivity contribution in [3.8, 4) is 0 Å². The number of aromatic nitrogens is 1. The van der Waals surface area contributed by atoms with Gasteiger partial charge in [0.25, 0.3) is 5.91 Å². The van der Waals surface area contributed by atoms with Crippen molar-refractivity contribution >= 4 is 33.2 Å². The molecule has 2 aromatic rings. The third-order valence-electron chi connectivity index (χ3n) is 3.15. The number of hydrogen-bond donors (Lipinski definition) is 2. The molecule has 0 saturated heterocycles. The van der Waals surface area contributed by atoms with Crippen LogP contribution in [0.15, 0.2) is 41.1 Å². The zero-order chi connectivity index (χ0) is 16.1. The monoisotopic (exact) mass is 361 g/mol. The van der Waals surface area contributed by atoms with Crippen LogP contribution in [0.5, 0.6) is 0 Å². The largest absolute Gasteiger partial charge is 0.384 e. The molecule has 5 heteroatoms. The summed E-state index contributed by atoms with van der Waals surface area (Å²) in [6.07, 6.45) is 3.30. The molecule has 0 spiro atoms. The van der Waals surface area contributed by atoms with Gasteiger partial charge in [-0.3, -0.25) is 9.78 Å². The van der Waals surface area contributed by atoms with Gasteiger partial charge in [-0.2, -0.15) is 0 Å². The van der Waals surface area contributed by atoms with Crippen LogP contribution in [0.4, 0.5) is 11.4 Å². The molecule has 1 amide bonds. The highest BCUT2D eigenvalue weighted by molar-refractivity contribution is 9.10. The third-order valence-corrected chi connectivity index (χ3v) is 3.64. The fourth-order valence-corrected chi connectivity index (χ4v) is 2.42. The van der Waals surface area contributed by atoms with E-state index in [-0.39, 0.29) is 5.91 Å². The first kappa shape index (κ1) is 16.5. The van der Waals surface area contributed by atoms with E-state index in [2.05, 4.69) is 45.4 Å². The Balaban J connectivity index is 2.10. The molecule has 0 unspecified atom stereocenters. The van der Waals surface area contributed by atoms with Crippen molar-refractivity contribution in [3.63, 3.8) is 0 Å². The number of hydrogen-bond acceptors (Lipinski definition) is 3. The van der Waals surface area contributed by atoms with E-state index in [0.29, 0.717) is 11.5 Å². The number of amides is 1. The topological polar surface area (TPSA) is 54.0 Å². The Morgan fingerprint density at radius 2 is 2.05 bits per heavy atom. The van der Waals surface area contributed by atoms with Gasteiger partial charge < -0.3 is 10.6 Å². The summed E-state index contributed by atoms with van der Waals surface area (Å²) in [7, 11) is 0. The molecule has 4 nitrogen and oxygen atoms in total. The van der Waals surface area contributed by atoms with Crippen LogP contribution in [0.2, 0.25) is 0 Å². The van der Waals surface area contributed by atoms with Crippen LogP contribution in [0.1, 0.15) is 29.8 Å². The molecular weight excluding hydrogens is 342 g/mol. The minimum absolute atomic E-state index is 0.161. The van der Waals surface area contributed by atoms with E-state index in [1.54, 1.807) is 12.4 Å². The number of halogens is 1. The molecule has 0 atom stereocenters. The van der Waals surface area contributed by atoms with E-state index in [9.17, 15) is 4.79 Å². The summed E-state index contributed by atoms with van der Waals surface area (Å²) >= 11 is 3.41. The number of anilines is 2. The molecule has 0 saturated carbocycles. The lowest BCUT2D eigenvalue weighted by atomic mass is 10.2. The molecular formula is C17H20BrN3O. The van der Waals surface area contributed by atoms with Crippen LogP contribution >= 0.6 is 15.9 Å². The van der Waals surface area contributed by atoms with Crippen LogP contribution in [0, 0.1) is 12.8 Å². The van der Waals surface area contributed by atoms with Crippen molar-refractivity contribution in [3.05, 3.63) is 52.3 Å². The highest BCUT2D eigenvalue weighted by Gasteiger charge is 2.09. The number of nitrogens with one attached hydrogen (secondary N) is 2. The average molecular weight is 362 g/mol. The van der Waals surface area contributed by atoms with E-state index < -0.39 is 0 Å². The smallest absolute Gasteiger partial charge is 0.257 e. The molecule has 0 aliphatic heterocycles. The van der Waals surface area contributed by atoms with Crippen molar-refractivity contribution in [2.45, 2.75) is 20.8 Å². The third kappa shape index (κ3) is 4.56. The van der Waals surface area contributed by atoms with Gasteiger partial charge in [-0.05, 0) is 42.7 Å². The SMILES string of the molecule is Cc1cc(Br)ccc1NC(=O)c1cncc(NCC(C)C)c1. The first-order valence-electron chi connectivity index (χ1n) is 7.22. The highest BCUT2D eigenvalue weighted by atomic mass is 79.9. The second kappa shape index (κ2) is 7.40. The normalized spacial score (nSPS) is 10.6. The molecule has 116 valence electrons. The number of nitrogens with zero attached hydrogens (tertiary/aromatic N) is 1. The summed E-state index contributed by atoms with van der Waals surface area (Å²) in [6, 6.07) is 7.57. The van der Waals surface area contributed by atoms with Gasteiger partial charge in [0, 0.05) is 29.1 Å². The van der Waals surface area contributed by atoms with E-state index in [4.69, 9.17) is 0 Å². The van der Waals surface area contributed by atoms with Gasteiger partial charge in [-0.15, -0.1) is 0 Å². The Labute approximate surface area is 139 Å². The number of carbonyl (C=O) groups is 1. The van der Waals surface area contributed by atoms with Crippen LogP contribution in [-0.2, 0) is 0 Å². The molecule has 2 rings (SSSR count). The van der Waals surface area contributed by atoms with Gasteiger partial charge in [0.05, 0.1) is 11.3 Å². The summed E-state index contributed by atoms with van der Waals surface area (Å²) < 4.78 is 0.990. The van der Waals surface area contributed by atoms with Gasteiger partial charge in [0.2, 0.25) is 0 Å². The van der Waals surface area contributed by atoms with E-state index >= 15 is 0 Å². The number of benzene rings is 1. The van der Waals surface area contributed by atoms with Crippen LogP contribution in [0.3, 0.4) is 0 Å². The summed E-state index contributed by atoms with van der Waals surface area (Å²) in [6.45, 7) is 7.07. The Kier molecular flexibility index (Phi) is 5.55. The van der Waals surface area contributed by atoms with Gasteiger partial charge in [0.1, 0.15) is 0 Å². The standard InChI is InChI=1S/C17H20BrN3O/c1-11(2)8-20-15-7-13(9-19-10-15)17(22)21-16-5-4-14(18)6-12(16)3/h4-7,9-11,20H,8H2,1-3H3,(H,21,22). The molecule has 0 bridgehead atoms. The Morgan fingerprint density at radius 1 is 1.27 bits per heavy atom. The highest BCUT2D eigenvalue weighted by Crippen LogP contribution is 2.21. The lowest BCUT2D eigenvalue weighted by Gasteiger charge is -2.11.